The molecule has 14 aromatic rings. The normalized spacial score (nSPS) is 13.0. The lowest BCUT2D eigenvalue weighted by molar-refractivity contribution is 0.741. The zero-order chi connectivity index (χ0) is 48.7. The molecule has 0 aliphatic rings. The van der Waals surface area contributed by atoms with E-state index >= 15 is 0 Å². The summed E-state index contributed by atoms with van der Waals surface area (Å²) in [5.74, 6) is 0.716. The van der Waals surface area contributed by atoms with E-state index in [1.165, 1.54) is 95.3 Å². The van der Waals surface area contributed by atoms with E-state index in [0.717, 1.165) is 44.8 Å². The highest BCUT2D eigenvalue weighted by atomic mass is 32.1. The summed E-state index contributed by atoms with van der Waals surface area (Å²) in [5.41, 5.74) is 10.5. The Labute approximate surface area is 431 Å². The Morgan fingerprint density at radius 2 is 1.05 bits per heavy atom. The van der Waals surface area contributed by atoms with Crippen LogP contribution in [0.4, 0.5) is 0 Å². The number of hydrogen-bond acceptors (Lipinski definition) is 3. The molecule has 3 aromatic heterocycles. The second kappa shape index (κ2) is 17.4. The van der Waals surface area contributed by atoms with Gasteiger partial charge in [-0.2, -0.15) is 0 Å². The lowest BCUT2D eigenvalue weighted by Gasteiger charge is -2.19. The maximum atomic E-state index is 5.97. The fourth-order valence-electron chi connectivity index (χ4n) is 11.1. The van der Waals surface area contributed by atoms with Crippen molar-refractivity contribution < 1.29 is 0 Å². The predicted molar refractivity (Wildman–Crippen MR) is 319 cm³/mol. The van der Waals surface area contributed by atoms with Crippen LogP contribution in [0.15, 0.2) is 235 Å². The van der Waals surface area contributed by atoms with Gasteiger partial charge in [-0.3, -0.25) is 0 Å². The predicted octanol–water partition coefficient (Wildman–Crippen LogP) is 19.6. The summed E-state index contributed by atoms with van der Waals surface area (Å²) in [7, 11) is 0. The van der Waals surface area contributed by atoms with Crippen molar-refractivity contribution >= 4 is 134 Å². The van der Waals surface area contributed by atoms with Crippen molar-refractivity contribution in [3.63, 3.8) is 0 Å². The Kier molecular flexibility index (Phi) is 10.3. The van der Waals surface area contributed by atoms with Gasteiger partial charge in [0.05, 0.1) is 22.4 Å². The molecular weight excluding hydrogens is 923 g/mol. The Hall–Kier alpha value is -8.48. The van der Waals surface area contributed by atoms with Crippen molar-refractivity contribution in [2.45, 2.75) is 20.3 Å². The zero-order valence-corrected chi connectivity index (χ0v) is 42.1. The Bertz CT molecular complexity index is 4530. The topological polar surface area (TPSA) is 29.6 Å². The highest BCUT2D eigenvalue weighted by molar-refractivity contribution is 7.27. The Morgan fingerprint density at radius 3 is 1.75 bits per heavy atom. The van der Waals surface area contributed by atoms with Gasteiger partial charge in [0.2, 0.25) is 0 Å². The van der Waals surface area contributed by atoms with Gasteiger partial charge in [-0.05, 0) is 110 Å². The minimum atomic E-state index is 0.0603. The number of rotatable bonds is 8. The van der Waals surface area contributed by atoms with Gasteiger partial charge in [0.15, 0.2) is 5.84 Å². The third-order valence-corrected chi connectivity index (χ3v) is 17.4. The maximum absolute atomic E-state index is 5.97. The minimum absolute atomic E-state index is 0.0603. The third-order valence-electron chi connectivity index (χ3n) is 15.0. The van der Waals surface area contributed by atoms with Crippen molar-refractivity contribution in [1.29, 1.82) is 0 Å². The molecule has 0 saturated carbocycles. The second-order valence-corrected chi connectivity index (χ2v) is 21.4. The number of amidine groups is 1. The maximum Gasteiger partial charge on any atom is 0.161 e. The van der Waals surface area contributed by atoms with Crippen LogP contribution in [0.2, 0.25) is 0 Å². The van der Waals surface area contributed by atoms with Crippen LogP contribution in [0.25, 0.3) is 117 Å². The van der Waals surface area contributed by atoms with E-state index in [1.54, 1.807) is 11.3 Å². The summed E-state index contributed by atoms with van der Waals surface area (Å²) < 4.78 is 7.42. The molecule has 1 atom stereocenters. The first-order valence-corrected chi connectivity index (χ1v) is 26.8. The van der Waals surface area contributed by atoms with Crippen LogP contribution in [-0.2, 0) is 0 Å². The van der Waals surface area contributed by atoms with Gasteiger partial charge >= 0.3 is 0 Å². The van der Waals surface area contributed by atoms with Crippen LogP contribution in [0.3, 0.4) is 0 Å². The van der Waals surface area contributed by atoms with Crippen molar-refractivity contribution in [2.24, 2.45) is 15.9 Å². The lowest BCUT2D eigenvalue weighted by atomic mass is 9.91. The van der Waals surface area contributed by atoms with Gasteiger partial charge in [0, 0.05) is 67.9 Å². The van der Waals surface area contributed by atoms with Gasteiger partial charge in [0.1, 0.15) is 0 Å². The molecule has 14 rings (SSSR count). The molecule has 0 bridgehead atoms. The molecule has 0 fully saturated rings. The highest BCUT2D eigenvalue weighted by Gasteiger charge is 2.25. The van der Waals surface area contributed by atoms with Gasteiger partial charge in [-0.1, -0.05) is 190 Å². The standard InChI is InChI=1S/C68H47N3S2/c1-4-41(2)65(70-68(56-27-16-26-54-53-25-14-15-28-62(53)72-67(54)56)69-42(3)43-29-31-45(32-30-43)44-17-6-5-7-18-44)59-39-51(40-63-64(59)55-34-33-46-19-12-13-24-52(46)66(55)73-63)71-60-37-49-22-10-8-20-47(49)35-57(60)58-36-48-21-9-11-23-50(48)38-61(58)71/h5-41H,3-4H2,1-2H3. The van der Waals surface area contributed by atoms with E-state index in [2.05, 4.69) is 243 Å². The van der Waals surface area contributed by atoms with E-state index < -0.39 is 0 Å². The Balaban J connectivity index is 1.07. The number of hydrogen-bond donors (Lipinski definition) is 0. The smallest absolute Gasteiger partial charge is 0.161 e. The number of aliphatic imine (C=N–C) groups is 2. The average Bonchev–Trinajstić information content (AvgIpc) is 4.12. The molecule has 5 heteroatoms. The van der Waals surface area contributed by atoms with Crippen LogP contribution < -0.4 is 0 Å². The molecule has 0 amide bonds. The van der Waals surface area contributed by atoms with Crippen LogP contribution in [-0.4, -0.2) is 16.1 Å². The van der Waals surface area contributed by atoms with Crippen molar-refractivity contribution in [1.82, 2.24) is 4.57 Å². The van der Waals surface area contributed by atoms with Crippen molar-refractivity contribution in [3.05, 3.63) is 242 Å². The van der Waals surface area contributed by atoms with Crippen molar-refractivity contribution in [2.75, 3.05) is 0 Å². The molecule has 0 N–H and O–H groups in total. The highest BCUT2D eigenvalue weighted by Crippen LogP contribution is 2.45. The zero-order valence-electron chi connectivity index (χ0n) is 40.4. The van der Waals surface area contributed by atoms with Crippen LogP contribution in [0.5, 0.6) is 0 Å². The molecule has 11 aromatic carbocycles. The Morgan fingerprint density at radius 1 is 0.466 bits per heavy atom. The summed E-state index contributed by atoms with van der Waals surface area (Å²) in [6, 6.07) is 79.7. The quantitative estimate of drug-likeness (QED) is 0.107. The summed E-state index contributed by atoms with van der Waals surface area (Å²) in [6.07, 6.45) is 0.880. The molecule has 1 unspecified atom stereocenters. The molecule has 0 radical (unpaired) electrons. The average molecular weight is 970 g/mol. The van der Waals surface area contributed by atoms with Crippen LogP contribution >= 0.6 is 22.7 Å². The third kappa shape index (κ3) is 7.22. The van der Waals surface area contributed by atoms with E-state index in [0.29, 0.717) is 11.5 Å². The largest absolute Gasteiger partial charge is 0.309 e. The molecule has 346 valence electrons. The number of nitrogens with zero attached hydrogens (tertiary/aromatic N) is 3. The fourth-order valence-corrected chi connectivity index (χ4v) is 13.6. The molecule has 73 heavy (non-hydrogen) atoms. The molecule has 3 nitrogen and oxygen atoms in total. The van der Waals surface area contributed by atoms with E-state index in [4.69, 9.17) is 9.98 Å². The molecule has 0 aliphatic heterocycles. The number of benzene rings is 11. The molecule has 0 spiro atoms. The van der Waals surface area contributed by atoms with E-state index in [9.17, 15) is 0 Å². The van der Waals surface area contributed by atoms with E-state index in [1.807, 2.05) is 11.3 Å². The summed E-state index contributed by atoms with van der Waals surface area (Å²) in [6.45, 7) is 9.27. The first-order valence-electron chi connectivity index (χ1n) is 25.1. The SMILES string of the molecule is C=C(N=C(N=C(c1cc(-n2c3cc4ccccc4cc3c3cc4ccccc4cc32)cc2sc3c4ccccc4ccc3c12)C(C)CC)c1cccc2c1sc1ccccc12)c1ccc(-c2ccccc2)cc1. The minimum Gasteiger partial charge on any atom is -0.309 e. The number of aromatic nitrogens is 1. The molecule has 0 aliphatic carbocycles. The number of fused-ring (bicyclic) bond motifs is 13. The van der Waals surface area contributed by atoms with E-state index in [-0.39, 0.29) is 5.92 Å². The summed E-state index contributed by atoms with van der Waals surface area (Å²) in [4.78, 5) is 11.5. The van der Waals surface area contributed by atoms with Gasteiger partial charge in [-0.15, -0.1) is 22.7 Å². The van der Waals surface area contributed by atoms with Crippen LogP contribution in [0, 0.1) is 5.92 Å². The summed E-state index contributed by atoms with van der Waals surface area (Å²) >= 11 is 3.69. The first-order chi connectivity index (χ1) is 36.0. The monoisotopic (exact) mass is 969 g/mol. The summed E-state index contributed by atoms with van der Waals surface area (Å²) in [5, 5.41) is 14.8. The lowest BCUT2D eigenvalue weighted by Crippen LogP contribution is -2.16. The first kappa shape index (κ1) is 43.3. The number of thiophene rings is 2. The molecule has 0 saturated heterocycles. The molecule has 3 heterocycles. The molecular formula is C68H47N3S2. The second-order valence-electron chi connectivity index (χ2n) is 19.3. The van der Waals surface area contributed by atoms with Crippen LogP contribution in [0.1, 0.15) is 37.0 Å². The van der Waals surface area contributed by atoms with Gasteiger partial charge in [0.25, 0.3) is 0 Å². The van der Waals surface area contributed by atoms with Gasteiger partial charge in [-0.25, -0.2) is 9.98 Å². The van der Waals surface area contributed by atoms with Gasteiger partial charge < -0.3 is 4.57 Å². The van der Waals surface area contributed by atoms with Crippen molar-refractivity contribution in [3.8, 4) is 16.8 Å². The fraction of sp³-hybridized carbons (Fsp3) is 0.0588.